The van der Waals surface area contributed by atoms with E-state index in [1.54, 1.807) is 0 Å². The molecule has 0 spiro atoms. The molecule has 0 heterocycles. The molecule has 1 nitrogen and oxygen atoms in total. The van der Waals surface area contributed by atoms with Gasteiger partial charge in [0.25, 0.3) is 0 Å². The second-order valence-corrected chi connectivity index (χ2v) is 6.93. The number of hydrogen-bond donors (Lipinski definition) is 0. The van der Waals surface area contributed by atoms with E-state index in [1.807, 2.05) is 6.08 Å². The molecule has 1 aromatic rings. The van der Waals surface area contributed by atoms with Crippen molar-refractivity contribution in [1.82, 2.24) is 0 Å². The zero-order valence-electron chi connectivity index (χ0n) is 12.3. The molecule has 2 saturated carbocycles. The largest absolute Gasteiger partial charge is 0.486 e. The molecule has 1 aromatic carbocycles. The molecule has 2 aliphatic rings. The number of benzene rings is 1. The molecule has 3 unspecified atom stereocenters. The summed E-state index contributed by atoms with van der Waals surface area (Å²) < 4.78 is 6.47. The van der Waals surface area contributed by atoms with Gasteiger partial charge >= 0.3 is 0 Å². The van der Waals surface area contributed by atoms with Crippen molar-refractivity contribution in [3.05, 3.63) is 36.4 Å². The Morgan fingerprint density at radius 2 is 1.89 bits per heavy atom. The lowest BCUT2D eigenvalue weighted by atomic mass is 9.88. The van der Waals surface area contributed by atoms with Crippen LogP contribution in [0.4, 0.5) is 0 Å². The first-order valence-electron chi connectivity index (χ1n) is 7.41. The lowest BCUT2D eigenvalue weighted by molar-refractivity contribution is 0.0847. The Bertz CT molecular complexity index is 485. The summed E-state index contributed by atoms with van der Waals surface area (Å²) in [6.07, 6.45) is 5.75. The lowest BCUT2D eigenvalue weighted by Gasteiger charge is -2.29. The third-order valence-corrected chi connectivity index (χ3v) is 5.46. The van der Waals surface area contributed by atoms with Crippen LogP contribution in [0.1, 0.15) is 45.6 Å². The van der Waals surface area contributed by atoms with Gasteiger partial charge in [0.15, 0.2) is 0 Å². The molecule has 2 fully saturated rings. The first-order valence-corrected chi connectivity index (χ1v) is 7.41. The minimum Gasteiger partial charge on any atom is -0.486 e. The van der Waals surface area contributed by atoms with Crippen LogP contribution < -0.4 is 4.74 Å². The maximum absolute atomic E-state index is 6.47. The van der Waals surface area contributed by atoms with Gasteiger partial charge in [-0.3, -0.25) is 0 Å². The van der Waals surface area contributed by atoms with Crippen LogP contribution in [0.5, 0.6) is 5.75 Å². The second kappa shape index (κ2) is 4.13. The molecule has 3 rings (SSSR count). The highest BCUT2D eigenvalue weighted by atomic mass is 16.5. The van der Waals surface area contributed by atoms with Crippen LogP contribution in [-0.4, -0.2) is 5.60 Å². The topological polar surface area (TPSA) is 9.23 Å². The Balaban J connectivity index is 1.83. The van der Waals surface area contributed by atoms with Crippen LogP contribution >= 0.6 is 0 Å². The summed E-state index contributed by atoms with van der Waals surface area (Å²) in [6.45, 7) is 10.9. The van der Waals surface area contributed by atoms with Crippen molar-refractivity contribution in [3.63, 3.8) is 0 Å². The first kappa shape index (κ1) is 12.8. The standard InChI is InChI=1S/C18H24O/c1-5-14-7-9-15(10-8-14)19-18-12-13(2)6-11-16(18)17(18,3)4/h5,7-10,13,16H,1,6,11-12H2,2-4H3. The van der Waals surface area contributed by atoms with Crippen molar-refractivity contribution in [2.24, 2.45) is 17.3 Å². The Morgan fingerprint density at radius 1 is 1.21 bits per heavy atom. The molecular formula is C18H24O. The van der Waals surface area contributed by atoms with Crippen LogP contribution in [0.3, 0.4) is 0 Å². The highest BCUT2D eigenvalue weighted by Gasteiger charge is 2.74. The molecular weight excluding hydrogens is 232 g/mol. The van der Waals surface area contributed by atoms with Gasteiger partial charge in [0.05, 0.1) is 0 Å². The first-order chi connectivity index (χ1) is 8.99. The van der Waals surface area contributed by atoms with Crippen molar-refractivity contribution < 1.29 is 4.74 Å². The van der Waals surface area contributed by atoms with Crippen LogP contribution in [0.15, 0.2) is 30.8 Å². The third kappa shape index (κ3) is 1.82. The van der Waals surface area contributed by atoms with E-state index in [2.05, 4.69) is 51.6 Å². The molecule has 0 amide bonds. The molecule has 1 heteroatoms. The number of hydrogen-bond acceptors (Lipinski definition) is 1. The van der Waals surface area contributed by atoms with Crippen molar-refractivity contribution in [2.75, 3.05) is 0 Å². The van der Waals surface area contributed by atoms with Gasteiger partial charge in [0.1, 0.15) is 11.4 Å². The van der Waals surface area contributed by atoms with E-state index < -0.39 is 0 Å². The summed E-state index contributed by atoms with van der Waals surface area (Å²) in [5.74, 6) is 2.52. The Kier molecular flexibility index (Phi) is 2.78. The molecule has 3 atom stereocenters. The zero-order chi connectivity index (χ0) is 13.7. The SMILES string of the molecule is C=Cc1ccc(OC23CC(C)CCC2C3(C)C)cc1. The summed E-state index contributed by atoms with van der Waals surface area (Å²) >= 11 is 0. The highest BCUT2D eigenvalue weighted by molar-refractivity contribution is 5.48. The van der Waals surface area contributed by atoms with Crippen LogP contribution in [0, 0.1) is 17.3 Å². The maximum Gasteiger partial charge on any atom is 0.120 e. The van der Waals surface area contributed by atoms with Crippen molar-refractivity contribution in [1.29, 1.82) is 0 Å². The predicted octanol–water partition coefficient (Wildman–Crippen LogP) is 4.92. The van der Waals surface area contributed by atoms with E-state index in [1.165, 1.54) is 19.3 Å². The predicted molar refractivity (Wildman–Crippen MR) is 80.2 cm³/mol. The van der Waals surface area contributed by atoms with Gasteiger partial charge in [-0.05, 0) is 36.5 Å². The molecule has 0 saturated heterocycles. The summed E-state index contributed by atoms with van der Waals surface area (Å²) in [5, 5.41) is 0. The van der Waals surface area contributed by atoms with Crippen molar-refractivity contribution >= 4 is 6.08 Å². The summed E-state index contributed by atoms with van der Waals surface area (Å²) in [6, 6.07) is 8.32. The molecule has 0 N–H and O–H groups in total. The van der Waals surface area contributed by atoms with Gasteiger partial charge in [-0.15, -0.1) is 0 Å². The fraction of sp³-hybridized carbons (Fsp3) is 0.556. The summed E-state index contributed by atoms with van der Waals surface area (Å²) in [4.78, 5) is 0. The minimum absolute atomic E-state index is 0.0837. The molecule has 0 radical (unpaired) electrons. The molecule has 19 heavy (non-hydrogen) atoms. The average molecular weight is 256 g/mol. The number of ether oxygens (including phenoxy) is 1. The van der Waals surface area contributed by atoms with E-state index >= 15 is 0 Å². The van der Waals surface area contributed by atoms with E-state index in [4.69, 9.17) is 4.74 Å². The Hall–Kier alpha value is -1.24. The number of fused-ring (bicyclic) bond motifs is 1. The normalized spacial score (nSPS) is 35.3. The fourth-order valence-electron chi connectivity index (χ4n) is 4.12. The van der Waals surface area contributed by atoms with Crippen LogP contribution in [0.2, 0.25) is 0 Å². The van der Waals surface area contributed by atoms with Crippen LogP contribution in [-0.2, 0) is 0 Å². The second-order valence-electron chi connectivity index (χ2n) is 6.93. The summed E-state index contributed by atoms with van der Waals surface area (Å²) in [5.41, 5.74) is 1.56. The molecule has 2 aliphatic carbocycles. The van der Waals surface area contributed by atoms with Gasteiger partial charge < -0.3 is 4.74 Å². The van der Waals surface area contributed by atoms with E-state index in [-0.39, 0.29) is 5.60 Å². The lowest BCUT2D eigenvalue weighted by Crippen LogP contribution is -2.30. The number of rotatable bonds is 3. The van der Waals surface area contributed by atoms with Gasteiger partial charge in [0, 0.05) is 11.3 Å². The van der Waals surface area contributed by atoms with Crippen molar-refractivity contribution in [3.8, 4) is 5.75 Å². The fourth-order valence-corrected chi connectivity index (χ4v) is 4.12. The molecule has 0 aliphatic heterocycles. The van der Waals surface area contributed by atoms with Gasteiger partial charge in [0.2, 0.25) is 0 Å². The van der Waals surface area contributed by atoms with Gasteiger partial charge in [-0.1, -0.05) is 52.0 Å². The van der Waals surface area contributed by atoms with Crippen LogP contribution in [0.25, 0.3) is 6.08 Å². The Morgan fingerprint density at radius 3 is 2.53 bits per heavy atom. The molecule has 0 aromatic heterocycles. The average Bonchev–Trinajstić information content (AvgIpc) is 2.85. The van der Waals surface area contributed by atoms with E-state index in [0.29, 0.717) is 5.41 Å². The highest BCUT2D eigenvalue weighted by Crippen LogP contribution is 2.70. The smallest absolute Gasteiger partial charge is 0.120 e. The van der Waals surface area contributed by atoms with Crippen molar-refractivity contribution in [2.45, 2.75) is 45.6 Å². The van der Waals surface area contributed by atoms with Gasteiger partial charge in [-0.25, -0.2) is 0 Å². The summed E-state index contributed by atoms with van der Waals surface area (Å²) in [7, 11) is 0. The van der Waals surface area contributed by atoms with E-state index in [0.717, 1.165) is 23.1 Å². The quantitative estimate of drug-likeness (QED) is 0.745. The minimum atomic E-state index is 0.0837. The third-order valence-electron chi connectivity index (χ3n) is 5.46. The maximum atomic E-state index is 6.47. The zero-order valence-corrected chi connectivity index (χ0v) is 12.3. The van der Waals surface area contributed by atoms with Gasteiger partial charge in [-0.2, -0.15) is 0 Å². The molecule has 102 valence electrons. The molecule has 0 bridgehead atoms. The van der Waals surface area contributed by atoms with E-state index in [9.17, 15) is 0 Å². The Labute approximate surface area is 116 Å². The monoisotopic (exact) mass is 256 g/mol.